The normalized spacial score (nSPS) is 29.4. The van der Waals surface area contributed by atoms with Gasteiger partial charge in [-0.2, -0.15) is 5.10 Å². The van der Waals surface area contributed by atoms with E-state index >= 15 is 0 Å². The van der Waals surface area contributed by atoms with E-state index in [9.17, 15) is 0 Å². The second-order valence-electron chi connectivity index (χ2n) is 6.04. The predicted molar refractivity (Wildman–Crippen MR) is 75.9 cm³/mol. The Morgan fingerprint density at radius 3 is 2.72 bits per heavy atom. The van der Waals surface area contributed by atoms with Crippen LogP contribution in [0, 0.1) is 11.3 Å². The van der Waals surface area contributed by atoms with Crippen molar-refractivity contribution in [2.24, 2.45) is 16.4 Å². The molecule has 1 saturated carbocycles. The third-order valence-corrected chi connectivity index (χ3v) is 4.57. The number of hydrogen-bond donors (Lipinski definition) is 1. The van der Waals surface area contributed by atoms with Gasteiger partial charge in [0, 0.05) is 22.1 Å². The smallest absolute Gasteiger partial charge is 0.0770 e. The van der Waals surface area contributed by atoms with Crippen molar-refractivity contribution < 1.29 is 0 Å². The molecule has 2 nitrogen and oxygen atoms in total. The molecule has 1 heterocycles. The van der Waals surface area contributed by atoms with Crippen molar-refractivity contribution in [2.75, 3.05) is 0 Å². The van der Waals surface area contributed by atoms with E-state index in [1.807, 2.05) is 12.1 Å². The summed E-state index contributed by atoms with van der Waals surface area (Å²) < 4.78 is 0. The van der Waals surface area contributed by atoms with Gasteiger partial charge in [-0.05, 0) is 30.5 Å². The number of hydrazone groups is 1. The number of halogens is 1. The maximum absolute atomic E-state index is 5.95. The lowest BCUT2D eigenvalue weighted by Gasteiger charge is -2.35. The molecule has 0 bridgehead atoms. The fourth-order valence-electron chi connectivity index (χ4n) is 3.30. The van der Waals surface area contributed by atoms with Crippen LogP contribution in [-0.4, -0.2) is 5.71 Å². The molecule has 1 aliphatic heterocycles. The van der Waals surface area contributed by atoms with Crippen molar-refractivity contribution in [3.63, 3.8) is 0 Å². The summed E-state index contributed by atoms with van der Waals surface area (Å²) in [5.41, 5.74) is 6.23. The van der Waals surface area contributed by atoms with Crippen LogP contribution >= 0.6 is 11.6 Å². The van der Waals surface area contributed by atoms with Gasteiger partial charge >= 0.3 is 0 Å². The molecule has 2 aliphatic rings. The van der Waals surface area contributed by atoms with E-state index in [0.29, 0.717) is 12.0 Å². The van der Waals surface area contributed by atoms with Gasteiger partial charge in [-0.3, -0.25) is 0 Å². The number of nitrogens with zero attached hydrogens (tertiary/aromatic N) is 1. The molecule has 1 aromatic carbocycles. The molecule has 96 valence electrons. The first kappa shape index (κ1) is 12.0. The average Bonchev–Trinajstić information content (AvgIpc) is 2.75. The van der Waals surface area contributed by atoms with E-state index in [4.69, 9.17) is 11.6 Å². The zero-order chi connectivity index (χ0) is 12.8. The fourth-order valence-corrected chi connectivity index (χ4v) is 3.42. The van der Waals surface area contributed by atoms with E-state index in [1.165, 1.54) is 30.5 Å². The predicted octanol–water partition coefficient (Wildman–Crippen LogP) is 4.17. The summed E-state index contributed by atoms with van der Waals surface area (Å²) in [7, 11) is 0. The molecule has 1 aromatic rings. The first-order chi connectivity index (χ1) is 8.58. The summed E-state index contributed by atoms with van der Waals surface area (Å²) in [4.78, 5) is 0. The third-order valence-electron chi connectivity index (χ3n) is 4.32. The van der Waals surface area contributed by atoms with Crippen molar-refractivity contribution in [2.45, 2.75) is 39.2 Å². The number of fused-ring (bicyclic) bond motifs is 1. The zero-order valence-corrected chi connectivity index (χ0v) is 11.7. The Kier molecular flexibility index (Phi) is 2.86. The number of benzene rings is 1. The highest BCUT2D eigenvalue weighted by atomic mass is 35.5. The second-order valence-corrected chi connectivity index (χ2v) is 6.47. The molecule has 0 amide bonds. The number of nitrogens with one attached hydrogen (secondary N) is 1. The molecule has 3 heteroatoms. The summed E-state index contributed by atoms with van der Waals surface area (Å²) in [5.74, 6) is 0.551. The topological polar surface area (TPSA) is 24.4 Å². The van der Waals surface area contributed by atoms with Crippen molar-refractivity contribution >= 4 is 17.3 Å². The van der Waals surface area contributed by atoms with Crippen LogP contribution in [0.2, 0.25) is 5.02 Å². The van der Waals surface area contributed by atoms with Gasteiger partial charge in [0.2, 0.25) is 0 Å². The molecule has 3 rings (SSSR count). The fraction of sp³-hybridized carbons (Fsp3) is 0.533. The Bertz CT molecular complexity index is 476. The quantitative estimate of drug-likeness (QED) is 0.807. The third kappa shape index (κ3) is 1.93. The van der Waals surface area contributed by atoms with Gasteiger partial charge in [-0.1, -0.05) is 44.0 Å². The maximum Gasteiger partial charge on any atom is 0.0770 e. The summed E-state index contributed by atoms with van der Waals surface area (Å²) >= 11 is 5.95. The molecule has 0 saturated heterocycles. The molecule has 1 aliphatic carbocycles. The minimum absolute atomic E-state index is 0.247. The van der Waals surface area contributed by atoms with Gasteiger partial charge < -0.3 is 5.43 Å². The van der Waals surface area contributed by atoms with Crippen molar-refractivity contribution in [3.05, 3.63) is 34.9 Å². The van der Waals surface area contributed by atoms with Crippen LogP contribution in [0.1, 0.15) is 44.7 Å². The Labute approximate surface area is 113 Å². The lowest BCUT2D eigenvalue weighted by atomic mass is 9.68. The first-order valence-corrected chi connectivity index (χ1v) is 7.05. The summed E-state index contributed by atoms with van der Waals surface area (Å²) in [6.07, 6.45) is 3.78. The lowest BCUT2D eigenvalue weighted by molar-refractivity contribution is 0.344. The zero-order valence-electron chi connectivity index (χ0n) is 10.9. The summed E-state index contributed by atoms with van der Waals surface area (Å²) in [6.45, 7) is 4.62. The Morgan fingerprint density at radius 2 is 2.00 bits per heavy atom. The molecule has 1 fully saturated rings. The van der Waals surface area contributed by atoms with Gasteiger partial charge in [0.05, 0.1) is 6.04 Å². The molecule has 0 aromatic heterocycles. The number of rotatable bonds is 1. The molecular weight excluding hydrogens is 244 g/mol. The Balaban J connectivity index is 1.88. The van der Waals surface area contributed by atoms with Gasteiger partial charge in [0.1, 0.15) is 0 Å². The lowest BCUT2D eigenvalue weighted by Crippen LogP contribution is -2.35. The first-order valence-electron chi connectivity index (χ1n) is 6.67. The highest BCUT2D eigenvalue weighted by Gasteiger charge is 2.42. The number of hydrogen-bond acceptors (Lipinski definition) is 2. The van der Waals surface area contributed by atoms with Crippen LogP contribution in [0.4, 0.5) is 0 Å². The van der Waals surface area contributed by atoms with E-state index in [1.54, 1.807) is 0 Å². The van der Waals surface area contributed by atoms with E-state index in [2.05, 4.69) is 36.5 Å². The van der Waals surface area contributed by atoms with Gasteiger partial charge in [0.15, 0.2) is 0 Å². The van der Waals surface area contributed by atoms with Crippen LogP contribution in [0.5, 0.6) is 0 Å². The Morgan fingerprint density at radius 1 is 1.28 bits per heavy atom. The Hall–Kier alpha value is -1.02. The van der Waals surface area contributed by atoms with Crippen LogP contribution in [0.15, 0.2) is 29.4 Å². The standard InChI is InChI=1S/C15H19ClN2/c1-15(2)9-3-4-12-13(17-18-14(12)15)10-5-7-11(16)8-6-10/h5-8,12-13,17H,3-4,9H2,1-2H3. The molecule has 18 heavy (non-hydrogen) atoms. The van der Waals surface area contributed by atoms with Crippen LogP contribution < -0.4 is 5.43 Å². The van der Waals surface area contributed by atoms with E-state index in [0.717, 1.165) is 5.02 Å². The molecule has 0 spiro atoms. The molecule has 2 unspecified atom stereocenters. The second kappa shape index (κ2) is 4.27. The monoisotopic (exact) mass is 262 g/mol. The van der Waals surface area contributed by atoms with E-state index < -0.39 is 0 Å². The molecule has 2 atom stereocenters. The average molecular weight is 263 g/mol. The van der Waals surface area contributed by atoms with Crippen molar-refractivity contribution in [3.8, 4) is 0 Å². The molecular formula is C15H19ClN2. The van der Waals surface area contributed by atoms with E-state index in [-0.39, 0.29) is 5.41 Å². The van der Waals surface area contributed by atoms with Crippen LogP contribution in [0.25, 0.3) is 0 Å². The van der Waals surface area contributed by atoms with Gasteiger partial charge in [0.25, 0.3) is 0 Å². The van der Waals surface area contributed by atoms with Gasteiger partial charge in [-0.15, -0.1) is 0 Å². The largest absolute Gasteiger partial charge is 0.302 e. The highest BCUT2D eigenvalue weighted by molar-refractivity contribution is 6.30. The van der Waals surface area contributed by atoms with Crippen LogP contribution in [0.3, 0.4) is 0 Å². The highest BCUT2D eigenvalue weighted by Crippen LogP contribution is 2.44. The SMILES string of the molecule is CC1(C)CCCC2C1=NNC2c1ccc(Cl)cc1. The summed E-state index contributed by atoms with van der Waals surface area (Å²) in [5, 5.41) is 5.42. The minimum Gasteiger partial charge on any atom is -0.302 e. The van der Waals surface area contributed by atoms with Crippen molar-refractivity contribution in [1.29, 1.82) is 0 Å². The maximum atomic E-state index is 5.95. The molecule has 1 N–H and O–H groups in total. The molecule has 0 radical (unpaired) electrons. The minimum atomic E-state index is 0.247. The van der Waals surface area contributed by atoms with Crippen molar-refractivity contribution in [1.82, 2.24) is 5.43 Å². The van der Waals surface area contributed by atoms with Crippen LogP contribution in [-0.2, 0) is 0 Å². The summed E-state index contributed by atoms with van der Waals surface area (Å²) in [6, 6.07) is 8.48. The van der Waals surface area contributed by atoms with Gasteiger partial charge in [-0.25, -0.2) is 0 Å².